The Labute approximate surface area is 111 Å². The van der Waals surface area contributed by atoms with Crippen LogP contribution in [0.2, 0.25) is 0 Å². The highest BCUT2D eigenvalue weighted by atomic mass is 16.6. The summed E-state index contributed by atoms with van der Waals surface area (Å²) in [5.41, 5.74) is 1.32. The molecule has 0 N–H and O–H groups in total. The maximum atomic E-state index is 12.1. The van der Waals surface area contributed by atoms with Gasteiger partial charge in [-0.3, -0.25) is 4.68 Å². The summed E-state index contributed by atoms with van der Waals surface area (Å²) in [5, 5.41) is 5.29. The van der Waals surface area contributed by atoms with Crippen molar-refractivity contribution in [2.75, 3.05) is 6.61 Å². The van der Waals surface area contributed by atoms with Gasteiger partial charge in [0.2, 0.25) is 0 Å². The molecule has 2 unspecified atom stereocenters. The summed E-state index contributed by atoms with van der Waals surface area (Å²) in [6.45, 7) is 4.75. The zero-order valence-electron chi connectivity index (χ0n) is 11.0. The predicted octanol–water partition coefficient (Wildman–Crippen LogP) is 2.00. The molecule has 2 atom stereocenters. The third kappa shape index (κ3) is 2.21. The van der Waals surface area contributed by atoms with Gasteiger partial charge in [0.1, 0.15) is 6.10 Å². The first-order valence-electron chi connectivity index (χ1n) is 6.49. The van der Waals surface area contributed by atoms with Crippen LogP contribution in [0.4, 0.5) is 0 Å². The molecule has 0 spiro atoms. The summed E-state index contributed by atoms with van der Waals surface area (Å²) in [5.74, 6) is -0.329. The highest BCUT2D eigenvalue weighted by Crippen LogP contribution is 2.26. The Hall–Kier alpha value is -1.88. The minimum atomic E-state index is -0.329. The van der Waals surface area contributed by atoms with Crippen LogP contribution in [-0.4, -0.2) is 34.6 Å². The van der Waals surface area contributed by atoms with Crippen LogP contribution in [0.25, 0.3) is 10.9 Å². The smallest absolute Gasteiger partial charge is 0.357 e. The summed E-state index contributed by atoms with van der Waals surface area (Å²) in [6, 6.07) is 7.59. The normalized spacial score (nSPS) is 21.6. The maximum Gasteiger partial charge on any atom is 0.357 e. The molecule has 1 aliphatic heterocycles. The van der Waals surface area contributed by atoms with Gasteiger partial charge >= 0.3 is 5.97 Å². The Morgan fingerprint density at radius 1 is 1.47 bits per heavy atom. The molecule has 3 rings (SSSR count). The number of hydrogen-bond donors (Lipinski definition) is 0. The number of epoxide rings is 1. The molecular weight excluding hydrogens is 244 g/mol. The number of carbonyl (C=O) groups is 1. The van der Waals surface area contributed by atoms with Crippen molar-refractivity contribution in [2.24, 2.45) is 0 Å². The SMILES string of the molecule is CCOC(=O)c1c2ccccc2nn1CC1OC1C. The number of carbonyl (C=O) groups excluding carboxylic acids is 1. The second kappa shape index (κ2) is 4.66. The molecule has 1 saturated heterocycles. The van der Waals surface area contributed by atoms with Gasteiger partial charge in [0.05, 0.1) is 24.8 Å². The van der Waals surface area contributed by atoms with Gasteiger partial charge in [0.15, 0.2) is 5.69 Å². The number of nitrogens with zero attached hydrogens (tertiary/aromatic N) is 2. The molecule has 1 aliphatic rings. The van der Waals surface area contributed by atoms with Crippen molar-refractivity contribution in [1.82, 2.24) is 9.78 Å². The fraction of sp³-hybridized carbons (Fsp3) is 0.429. The van der Waals surface area contributed by atoms with Crippen molar-refractivity contribution in [1.29, 1.82) is 0 Å². The minimum absolute atomic E-state index is 0.141. The zero-order valence-corrected chi connectivity index (χ0v) is 11.0. The van der Waals surface area contributed by atoms with Crippen LogP contribution in [0.15, 0.2) is 24.3 Å². The quantitative estimate of drug-likeness (QED) is 0.623. The van der Waals surface area contributed by atoms with Crippen molar-refractivity contribution >= 4 is 16.9 Å². The Balaban J connectivity index is 2.03. The monoisotopic (exact) mass is 260 g/mol. The number of rotatable bonds is 4. The molecule has 1 fully saturated rings. The fourth-order valence-electron chi connectivity index (χ4n) is 2.22. The Morgan fingerprint density at radius 3 is 2.89 bits per heavy atom. The Kier molecular flexibility index (Phi) is 2.98. The van der Waals surface area contributed by atoms with Gasteiger partial charge in [-0.2, -0.15) is 5.10 Å². The highest BCUT2D eigenvalue weighted by Gasteiger charge is 2.36. The second-order valence-electron chi connectivity index (χ2n) is 4.65. The van der Waals surface area contributed by atoms with Crippen LogP contribution in [0.3, 0.4) is 0 Å². The molecule has 1 aromatic carbocycles. The molecule has 0 aliphatic carbocycles. The van der Waals surface area contributed by atoms with Crippen LogP contribution < -0.4 is 0 Å². The maximum absolute atomic E-state index is 12.1. The minimum Gasteiger partial charge on any atom is -0.461 e. The summed E-state index contributed by atoms with van der Waals surface area (Å²) >= 11 is 0. The molecule has 5 nitrogen and oxygen atoms in total. The van der Waals surface area contributed by atoms with Gasteiger partial charge in [0, 0.05) is 5.39 Å². The summed E-state index contributed by atoms with van der Waals surface area (Å²) in [7, 11) is 0. The lowest BCUT2D eigenvalue weighted by molar-refractivity contribution is 0.0513. The molecule has 0 radical (unpaired) electrons. The highest BCUT2D eigenvalue weighted by molar-refractivity contribution is 6.02. The van der Waals surface area contributed by atoms with Crippen molar-refractivity contribution in [3.8, 4) is 0 Å². The van der Waals surface area contributed by atoms with Gasteiger partial charge in [-0.25, -0.2) is 4.79 Å². The number of aromatic nitrogens is 2. The van der Waals surface area contributed by atoms with Gasteiger partial charge < -0.3 is 9.47 Å². The van der Waals surface area contributed by atoms with E-state index >= 15 is 0 Å². The molecule has 0 amide bonds. The van der Waals surface area contributed by atoms with Crippen molar-refractivity contribution in [3.05, 3.63) is 30.0 Å². The van der Waals surface area contributed by atoms with Crippen molar-refractivity contribution in [2.45, 2.75) is 32.6 Å². The van der Waals surface area contributed by atoms with Gasteiger partial charge in [-0.05, 0) is 19.9 Å². The third-order valence-corrected chi connectivity index (χ3v) is 3.30. The summed E-state index contributed by atoms with van der Waals surface area (Å²) < 4.78 is 12.2. The molecule has 2 aromatic rings. The molecule has 2 heterocycles. The van der Waals surface area contributed by atoms with E-state index in [-0.39, 0.29) is 18.2 Å². The van der Waals surface area contributed by atoms with Gasteiger partial charge in [-0.15, -0.1) is 0 Å². The average Bonchev–Trinajstić information content (AvgIpc) is 2.96. The van der Waals surface area contributed by atoms with Crippen LogP contribution in [0.1, 0.15) is 24.3 Å². The topological polar surface area (TPSA) is 56.6 Å². The van der Waals surface area contributed by atoms with Crippen LogP contribution in [0.5, 0.6) is 0 Å². The fourth-order valence-corrected chi connectivity index (χ4v) is 2.22. The standard InChI is InChI=1S/C14H16N2O3/c1-3-18-14(17)13-10-6-4-5-7-11(10)15-16(13)8-12-9(2)19-12/h4-7,9,12H,3,8H2,1-2H3. The van der Waals surface area contributed by atoms with Crippen molar-refractivity contribution < 1.29 is 14.3 Å². The first-order chi connectivity index (χ1) is 9.20. The number of benzene rings is 1. The van der Waals surface area contributed by atoms with E-state index in [1.807, 2.05) is 31.2 Å². The van der Waals surface area contributed by atoms with E-state index < -0.39 is 0 Å². The third-order valence-electron chi connectivity index (χ3n) is 3.30. The van der Waals surface area contributed by atoms with E-state index in [0.717, 1.165) is 10.9 Å². The zero-order chi connectivity index (χ0) is 13.4. The van der Waals surface area contributed by atoms with E-state index in [9.17, 15) is 4.79 Å². The first kappa shape index (κ1) is 12.2. The lowest BCUT2D eigenvalue weighted by Crippen LogP contribution is -2.16. The van der Waals surface area contributed by atoms with E-state index in [1.165, 1.54) is 0 Å². The number of ether oxygens (including phenoxy) is 2. The predicted molar refractivity (Wildman–Crippen MR) is 70.0 cm³/mol. The molecule has 0 bridgehead atoms. The van der Waals surface area contributed by atoms with E-state index in [4.69, 9.17) is 9.47 Å². The molecular formula is C14H16N2O3. The summed E-state index contributed by atoms with van der Waals surface area (Å²) in [4.78, 5) is 12.1. The molecule has 5 heteroatoms. The number of hydrogen-bond acceptors (Lipinski definition) is 4. The lowest BCUT2D eigenvalue weighted by Gasteiger charge is -2.05. The molecule has 1 aromatic heterocycles. The molecule has 19 heavy (non-hydrogen) atoms. The largest absolute Gasteiger partial charge is 0.461 e. The molecule has 0 saturated carbocycles. The van der Waals surface area contributed by atoms with E-state index in [0.29, 0.717) is 18.8 Å². The van der Waals surface area contributed by atoms with E-state index in [2.05, 4.69) is 5.10 Å². The van der Waals surface area contributed by atoms with Gasteiger partial charge in [-0.1, -0.05) is 18.2 Å². The number of fused-ring (bicyclic) bond motifs is 1. The Bertz CT molecular complexity index is 620. The van der Waals surface area contributed by atoms with E-state index in [1.54, 1.807) is 11.6 Å². The summed E-state index contributed by atoms with van der Waals surface area (Å²) in [6.07, 6.45) is 0.379. The Morgan fingerprint density at radius 2 is 2.21 bits per heavy atom. The number of esters is 1. The first-order valence-corrected chi connectivity index (χ1v) is 6.49. The average molecular weight is 260 g/mol. The van der Waals surface area contributed by atoms with Crippen LogP contribution >= 0.6 is 0 Å². The molecule has 100 valence electrons. The van der Waals surface area contributed by atoms with Crippen molar-refractivity contribution in [3.63, 3.8) is 0 Å². The van der Waals surface area contributed by atoms with Crippen LogP contribution in [-0.2, 0) is 16.0 Å². The lowest BCUT2D eigenvalue weighted by atomic mass is 10.2. The van der Waals surface area contributed by atoms with Crippen LogP contribution in [0, 0.1) is 0 Å². The second-order valence-corrected chi connectivity index (χ2v) is 4.65. The van der Waals surface area contributed by atoms with Gasteiger partial charge in [0.25, 0.3) is 0 Å².